The zero-order chi connectivity index (χ0) is 17.2. The summed E-state index contributed by atoms with van der Waals surface area (Å²) in [7, 11) is 1.81. The third-order valence-corrected chi connectivity index (χ3v) is 3.84. The SMILES string of the molecule is CCCCN(C)C(=O)c1ccnc(NCCCc2ccccc2)n1. The van der Waals surface area contributed by atoms with Gasteiger partial charge < -0.3 is 10.2 Å². The fourth-order valence-corrected chi connectivity index (χ4v) is 2.39. The summed E-state index contributed by atoms with van der Waals surface area (Å²) in [5, 5.41) is 3.20. The minimum Gasteiger partial charge on any atom is -0.354 e. The fourth-order valence-electron chi connectivity index (χ4n) is 2.39. The van der Waals surface area contributed by atoms with Gasteiger partial charge in [0.25, 0.3) is 5.91 Å². The third-order valence-electron chi connectivity index (χ3n) is 3.84. The molecule has 0 radical (unpaired) electrons. The van der Waals surface area contributed by atoms with Crippen molar-refractivity contribution >= 4 is 11.9 Å². The second kappa shape index (κ2) is 9.65. The Morgan fingerprint density at radius 3 is 2.71 bits per heavy atom. The highest BCUT2D eigenvalue weighted by atomic mass is 16.2. The molecule has 0 saturated heterocycles. The molecule has 0 aliphatic heterocycles. The van der Waals surface area contributed by atoms with Gasteiger partial charge in [-0.2, -0.15) is 0 Å². The third kappa shape index (κ3) is 5.65. The lowest BCUT2D eigenvalue weighted by Gasteiger charge is -2.16. The van der Waals surface area contributed by atoms with Crippen LogP contribution < -0.4 is 5.32 Å². The van der Waals surface area contributed by atoms with Crippen molar-refractivity contribution in [1.82, 2.24) is 14.9 Å². The standard InChI is InChI=1S/C19H26N4O/c1-3-4-15-23(2)18(24)17-12-14-21-19(22-17)20-13-8-11-16-9-6-5-7-10-16/h5-7,9-10,12,14H,3-4,8,11,13,15H2,1-2H3,(H,20,21,22). The summed E-state index contributed by atoms with van der Waals surface area (Å²) in [5.41, 5.74) is 1.76. The molecule has 128 valence electrons. The first-order valence-corrected chi connectivity index (χ1v) is 8.57. The Kier molecular flexibility index (Phi) is 7.21. The number of aromatic nitrogens is 2. The fraction of sp³-hybridized carbons (Fsp3) is 0.421. The zero-order valence-electron chi connectivity index (χ0n) is 14.5. The van der Waals surface area contributed by atoms with Crippen LogP contribution in [-0.2, 0) is 6.42 Å². The van der Waals surface area contributed by atoms with Crippen molar-refractivity contribution in [2.24, 2.45) is 0 Å². The monoisotopic (exact) mass is 326 g/mol. The highest BCUT2D eigenvalue weighted by Crippen LogP contribution is 2.06. The average molecular weight is 326 g/mol. The quantitative estimate of drug-likeness (QED) is 0.718. The van der Waals surface area contributed by atoms with Crippen LogP contribution in [0.3, 0.4) is 0 Å². The van der Waals surface area contributed by atoms with Gasteiger partial charge in [0.15, 0.2) is 0 Å². The molecule has 5 heteroatoms. The molecule has 0 aliphatic rings. The number of nitrogens with one attached hydrogen (secondary N) is 1. The van der Waals surface area contributed by atoms with Gasteiger partial charge in [0.2, 0.25) is 5.95 Å². The summed E-state index contributed by atoms with van der Waals surface area (Å²) in [6, 6.07) is 12.0. The first-order valence-electron chi connectivity index (χ1n) is 8.57. The van der Waals surface area contributed by atoms with Crippen LogP contribution in [0.4, 0.5) is 5.95 Å². The number of amides is 1. The second-order valence-electron chi connectivity index (χ2n) is 5.86. The summed E-state index contributed by atoms with van der Waals surface area (Å²) in [6.45, 7) is 3.64. The van der Waals surface area contributed by atoms with Crippen molar-refractivity contribution in [3.8, 4) is 0 Å². The molecule has 1 aromatic carbocycles. The van der Waals surface area contributed by atoms with Gasteiger partial charge >= 0.3 is 0 Å². The molecule has 0 fully saturated rings. The van der Waals surface area contributed by atoms with Gasteiger partial charge in [-0.25, -0.2) is 9.97 Å². The lowest BCUT2D eigenvalue weighted by Crippen LogP contribution is -2.28. The summed E-state index contributed by atoms with van der Waals surface area (Å²) < 4.78 is 0. The Morgan fingerprint density at radius 2 is 1.96 bits per heavy atom. The Labute approximate surface area is 144 Å². The van der Waals surface area contributed by atoms with Crippen molar-refractivity contribution in [2.45, 2.75) is 32.6 Å². The minimum absolute atomic E-state index is 0.0572. The number of hydrogen-bond acceptors (Lipinski definition) is 4. The van der Waals surface area contributed by atoms with E-state index in [0.29, 0.717) is 11.6 Å². The maximum Gasteiger partial charge on any atom is 0.272 e. The van der Waals surface area contributed by atoms with E-state index in [0.717, 1.165) is 38.8 Å². The summed E-state index contributed by atoms with van der Waals surface area (Å²) in [5.74, 6) is 0.455. The van der Waals surface area contributed by atoms with E-state index in [1.807, 2.05) is 13.1 Å². The van der Waals surface area contributed by atoms with Crippen LogP contribution in [0.25, 0.3) is 0 Å². The first-order chi connectivity index (χ1) is 11.7. The Balaban J connectivity index is 1.82. The van der Waals surface area contributed by atoms with Gasteiger partial charge in [0.05, 0.1) is 0 Å². The van der Waals surface area contributed by atoms with E-state index in [1.54, 1.807) is 17.2 Å². The van der Waals surface area contributed by atoms with Gasteiger partial charge in [-0.1, -0.05) is 43.7 Å². The summed E-state index contributed by atoms with van der Waals surface area (Å²) >= 11 is 0. The zero-order valence-corrected chi connectivity index (χ0v) is 14.5. The van der Waals surface area contributed by atoms with Crippen molar-refractivity contribution in [2.75, 3.05) is 25.5 Å². The molecule has 2 aromatic rings. The predicted molar refractivity (Wildman–Crippen MR) is 97.2 cm³/mol. The minimum atomic E-state index is -0.0572. The molecule has 0 unspecified atom stereocenters. The second-order valence-corrected chi connectivity index (χ2v) is 5.86. The normalized spacial score (nSPS) is 10.4. The average Bonchev–Trinajstić information content (AvgIpc) is 2.63. The van der Waals surface area contributed by atoms with Crippen molar-refractivity contribution in [3.63, 3.8) is 0 Å². The lowest BCUT2D eigenvalue weighted by molar-refractivity contribution is 0.0787. The molecule has 2 rings (SSSR count). The molecule has 0 aliphatic carbocycles. The Morgan fingerprint density at radius 1 is 1.17 bits per heavy atom. The van der Waals surface area contributed by atoms with Gasteiger partial charge in [-0.3, -0.25) is 4.79 Å². The first kappa shape index (κ1) is 17.9. The van der Waals surface area contributed by atoms with E-state index < -0.39 is 0 Å². The highest BCUT2D eigenvalue weighted by molar-refractivity contribution is 5.92. The number of carbonyl (C=O) groups is 1. The van der Waals surface area contributed by atoms with Gasteiger partial charge in [0, 0.05) is 26.3 Å². The molecular weight excluding hydrogens is 300 g/mol. The van der Waals surface area contributed by atoms with Crippen LogP contribution in [0, 0.1) is 0 Å². The number of unbranched alkanes of at least 4 members (excludes halogenated alkanes) is 1. The molecule has 0 bridgehead atoms. The molecule has 0 spiro atoms. The van der Waals surface area contributed by atoms with Gasteiger partial charge in [-0.05, 0) is 30.9 Å². The van der Waals surface area contributed by atoms with Crippen LogP contribution >= 0.6 is 0 Å². The van der Waals surface area contributed by atoms with Crippen LogP contribution in [0.15, 0.2) is 42.6 Å². The molecule has 1 N–H and O–H groups in total. The summed E-state index contributed by atoms with van der Waals surface area (Å²) in [6.07, 6.45) is 5.69. The smallest absolute Gasteiger partial charge is 0.272 e. The topological polar surface area (TPSA) is 58.1 Å². The van der Waals surface area contributed by atoms with Crippen molar-refractivity contribution < 1.29 is 4.79 Å². The maximum absolute atomic E-state index is 12.3. The Hall–Kier alpha value is -2.43. The van der Waals surface area contributed by atoms with Gasteiger partial charge in [0.1, 0.15) is 5.69 Å². The molecule has 0 atom stereocenters. The van der Waals surface area contributed by atoms with Gasteiger partial charge in [-0.15, -0.1) is 0 Å². The van der Waals surface area contributed by atoms with E-state index in [-0.39, 0.29) is 5.91 Å². The number of carbonyl (C=O) groups excluding carboxylic acids is 1. The number of hydrogen-bond donors (Lipinski definition) is 1. The van der Waals surface area contributed by atoms with Crippen LogP contribution in [0.5, 0.6) is 0 Å². The molecule has 1 heterocycles. The molecule has 24 heavy (non-hydrogen) atoms. The number of nitrogens with zero attached hydrogens (tertiary/aromatic N) is 3. The van der Waals surface area contributed by atoms with Crippen molar-refractivity contribution in [1.29, 1.82) is 0 Å². The van der Waals surface area contributed by atoms with Crippen molar-refractivity contribution in [3.05, 3.63) is 53.9 Å². The molecule has 1 amide bonds. The predicted octanol–water partition coefficient (Wildman–Crippen LogP) is 3.39. The van der Waals surface area contributed by atoms with E-state index in [9.17, 15) is 4.79 Å². The van der Waals surface area contributed by atoms with E-state index >= 15 is 0 Å². The molecule has 5 nitrogen and oxygen atoms in total. The number of benzene rings is 1. The molecule has 1 aromatic heterocycles. The van der Waals surface area contributed by atoms with E-state index in [2.05, 4.69) is 46.5 Å². The molecular formula is C19H26N4O. The van der Waals surface area contributed by atoms with Crippen LogP contribution in [0.1, 0.15) is 42.2 Å². The maximum atomic E-state index is 12.3. The Bertz CT molecular complexity index is 630. The van der Waals surface area contributed by atoms with Crippen LogP contribution in [-0.4, -0.2) is 40.9 Å². The van der Waals surface area contributed by atoms with E-state index in [4.69, 9.17) is 0 Å². The van der Waals surface area contributed by atoms with E-state index in [1.165, 1.54) is 5.56 Å². The van der Waals surface area contributed by atoms with Crippen LogP contribution in [0.2, 0.25) is 0 Å². The number of aryl methyl sites for hydroxylation is 1. The number of rotatable bonds is 9. The lowest BCUT2D eigenvalue weighted by atomic mass is 10.1. The number of anilines is 1. The summed E-state index contributed by atoms with van der Waals surface area (Å²) in [4.78, 5) is 22.6. The molecule has 0 saturated carbocycles. The largest absolute Gasteiger partial charge is 0.354 e. The highest BCUT2D eigenvalue weighted by Gasteiger charge is 2.13.